The molecule has 0 aromatic heterocycles. The lowest BCUT2D eigenvalue weighted by Crippen LogP contribution is -2.65. The fourth-order valence-electron chi connectivity index (χ4n) is 3.31. The largest absolute Gasteiger partial charge is 0.329 e. The Kier molecular flexibility index (Phi) is 4.12. The molecule has 2 saturated heterocycles. The van der Waals surface area contributed by atoms with E-state index in [4.69, 9.17) is 0 Å². The van der Waals surface area contributed by atoms with Gasteiger partial charge in [-0.25, -0.2) is 0 Å². The molecule has 0 aromatic rings. The molecule has 2 heterocycles. The lowest BCUT2D eigenvalue weighted by Gasteiger charge is -2.46. The van der Waals surface area contributed by atoms with Gasteiger partial charge in [-0.3, -0.25) is 9.59 Å². The van der Waals surface area contributed by atoms with Crippen LogP contribution in [0, 0.1) is 11.3 Å². The minimum atomic E-state index is -0.275. The van der Waals surface area contributed by atoms with E-state index in [0.29, 0.717) is 6.54 Å². The first-order chi connectivity index (χ1) is 9.28. The van der Waals surface area contributed by atoms with E-state index in [-0.39, 0.29) is 35.2 Å². The average molecular weight is 280 g/mol. The Bertz CT molecular complexity index is 403. The van der Waals surface area contributed by atoms with Crippen molar-refractivity contribution in [3.05, 3.63) is 0 Å². The van der Waals surface area contributed by atoms with Gasteiger partial charge >= 0.3 is 0 Å². The van der Waals surface area contributed by atoms with Crippen molar-refractivity contribution in [1.82, 2.24) is 9.80 Å². The second-order valence-electron chi connectivity index (χ2n) is 7.36. The number of hydrogen-bond acceptors (Lipinski definition) is 2. The van der Waals surface area contributed by atoms with E-state index in [9.17, 15) is 9.59 Å². The molecular formula is C16H28N2O2. The molecule has 0 bridgehead atoms. The number of rotatable bonds is 4. The predicted octanol–water partition coefficient (Wildman–Crippen LogP) is 2.28. The highest BCUT2D eigenvalue weighted by Crippen LogP contribution is 2.33. The van der Waals surface area contributed by atoms with Crippen LogP contribution in [0.3, 0.4) is 0 Å². The van der Waals surface area contributed by atoms with Gasteiger partial charge in [-0.05, 0) is 30.6 Å². The average Bonchev–Trinajstić information content (AvgIpc) is 2.84. The normalized spacial score (nSPS) is 27.5. The lowest BCUT2D eigenvalue weighted by atomic mass is 9.86. The zero-order valence-corrected chi connectivity index (χ0v) is 13.5. The minimum absolute atomic E-state index is 0.0594. The summed E-state index contributed by atoms with van der Waals surface area (Å²) in [5.41, 5.74) is 0.0594. The molecule has 2 unspecified atom stereocenters. The highest BCUT2D eigenvalue weighted by atomic mass is 16.2. The summed E-state index contributed by atoms with van der Waals surface area (Å²) in [6.45, 7) is 12.0. The van der Waals surface area contributed by atoms with Crippen LogP contribution < -0.4 is 0 Å². The highest BCUT2D eigenvalue weighted by molar-refractivity contribution is 5.97. The van der Waals surface area contributed by atoms with Crippen LogP contribution in [-0.4, -0.2) is 46.8 Å². The van der Waals surface area contributed by atoms with Crippen molar-refractivity contribution >= 4 is 11.8 Å². The van der Waals surface area contributed by atoms with Gasteiger partial charge in [0, 0.05) is 13.1 Å². The van der Waals surface area contributed by atoms with E-state index in [0.717, 1.165) is 25.8 Å². The third kappa shape index (κ3) is 2.57. The Labute approximate surface area is 122 Å². The number of carbonyl (C=O) groups excluding carboxylic acids is 2. The van der Waals surface area contributed by atoms with E-state index in [1.54, 1.807) is 0 Å². The lowest BCUT2D eigenvalue weighted by molar-refractivity contribution is -0.163. The Hall–Kier alpha value is -1.06. The molecule has 2 rings (SSSR count). The van der Waals surface area contributed by atoms with E-state index in [2.05, 4.69) is 20.8 Å². The molecule has 114 valence electrons. The molecule has 0 aliphatic carbocycles. The minimum Gasteiger partial charge on any atom is -0.329 e. The summed E-state index contributed by atoms with van der Waals surface area (Å²) in [5.74, 6) is 0.497. The Morgan fingerprint density at radius 2 is 1.90 bits per heavy atom. The quantitative estimate of drug-likeness (QED) is 0.792. The van der Waals surface area contributed by atoms with Gasteiger partial charge in [0.25, 0.3) is 0 Å². The number of fused-ring (bicyclic) bond motifs is 1. The third-order valence-corrected chi connectivity index (χ3v) is 4.88. The first-order valence-corrected chi connectivity index (χ1v) is 7.89. The second kappa shape index (κ2) is 5.38. The van der Waals surface area contributed by atoms with E-state index < -0.39 is 0 Å². The van der Waals surface area contributed by atoms with Crippen LogP contribution >= 0.6 is 0 Å². The second-order valence-corrected chi connectivity index (χ2v) is 7.36. The van der Waals surface area contributed by atoms with Crippen molar-refractivity contribution in [1.29, 1.82) is 0 Å². The summed E-state index contributed by atoms with van der Waals surface area (Å²) >= 11 is 0. The van der Waals surface area contributed by atoms with Crippen LogP contribution in [-0.2, 0) is 9.59 Å². The highest BCUT2D eigenvalue weighted by Gasteiger charge is 2.49. The summed E-state index contributed by atoms with van der Waals surface area (Å²) in [5, 5.41) is 0. The van der Waals surface area contributed by atoms with Crippen molar-refractivity contribution in [3.63, 3.8) is 0 Å². The molecule has 2 atom stereocenters. The number of amides is 2. The predicted molar refractivity (Wildman–Crippen MR) is 79.1 cm³/mol. The molecule has 2 aliphatic rings. The molecular weight excluding hydrogens is 252 g/mol. The maximum atomic E-state index is 12.8. The van der Waals surface area contributed by atoms with Gasteiger partial charge in [-0.1, -0.05) is 34.6 Å². The van der Waals surface area contributed by atoms with Crippen molar-refractivity contribution in [3.8, 4) is 0 Å². The fourth-order valence-corrected chi connectivity index (χ4v) is 3.31. The number of piperazine rings is 1. The first-order valence-electron chi connectivity index (χ1n) is 7.89. The Morgan fingerprint density at radius 3 is 2.45 bits per heavy atom. The maximum absolute atomic E-state index is 12.8. The van der Waals surface area contributed by atoms with Gasteiger partial charge in [-0.15, -0.1) is 0 Å². The van der Waals surface area contributed by atoms with Crippen molar-refractivity contribution < 1.29 is 9.59 Å². The molecule has 4 heteroatoms. The molecule has 0 spiro atoms. The summed E-state index contributed by atoms with van der Waals surface area (Å²) < 4.78 is 0. The van der Waals surface area contributed by atoms with Gasteiger partial charge in [0.15, 0.2) is 0 Å². The van der Waals surface area contributed by atoms with Crippen LogP contribution in [0.5, 0.6) is 0 Å². The van der Waals surface area contributed by atoms with Gasteiger partial charge in [-0.2, -0.15) is 0 Å². The summed E-state index contributed by atoms with van der Waals surface area (Å²) in [4.78, 5) is 29.2. The van der Waals surface area contributed by atoms with E-state index in [1.807, 2.05) is 23.6 Å². The fraction of sp³-hybridized carbons (Fsp3) is 0.875. The van der Waals surface area contributed by atoms with Gasteiger partial charge in [0.1, 0.15) is 12.1 Å². The summed E-state index contributed by atoms with van der Waals surface area (Å²) in [6.07, 6.45) is 2.79. The number of hydrogen-bond donors (Lipinski definition) is 0. The van der Waals surface area contributed by atoms with Crippen LogP contribution in [0.4, 0.5) is 0 Å². The summed E-state index contributed by atoms with van der Waals surface area (Å²) in [7, 11) is 0. The number of carbonyl (C=O) groups is 2. The molecule has 0 aromatic carbocycles. The van der Waals surface area contributed by atoms with Gasteiger partial charge < -0.3 is 9.80 Å². The van der Waals surface area contributed by atoms with Gasteiger partial charge in [0.2, 0.25) is 11.8 Å². The molecule has 4 nitrogen and oxygen atoms in total. The number of nitrogens with zero attached hydrogens (tertiary/aromatic N) is 2. The molecule has 0 N–H and O–H groups in total. The van der Waals surface area contributed by atoms with Crippen LogP contribution in [0.15, 0.2) is 0 Å². The van der Waals surface area contributed by atoms with Crippen molar-refractivity contribution in [2.24, 2.45) is 11.3 Å². The zero-order valence-electron chi connectivity index (χ0n) is 13.5. The zero-order chi connectivity index (χ0) is 15.1. The van der Waals surface area contributed by atoms with Crippen LogP contribution in [0.1, 0.15) is 53.9 Å². The smallest absolute Gasteiger partial charge is 0.246 e. The monoisotopic (exact) mass is 280 g/mol. The Morgan fingerprint density at radius 1 is 1.25 bits per heavy atom. The molecule has 0 radical (unpaired) electrons. The first kappa shape index (κ1) is 15.3. The van der Waals surface area contributed by atoms with E-state index >= 15 is 0 Å². The third-order valence-electron chi connectivity index (χ3n) is 4.88. The Balaban J connectivity index is 2.30. The SMILES string of the molecule is CCC(C)(C)CN1C(=O)C2CCCN2C(=O)C1C(C)C. The van der Waals surface area contributed by atoms with E-state index in [1.165, 1.54) is 0 Å². The topological polar surface area (TPSA) is 40.6 Å². The van der Waals surface area contributed by atoms with Crippen molar-refractivity contribution in [2.75, 3.05) is 13.1 Å². The molecule has 2 aliphatic heterocycles. The molecule has 0 saturated carbocycles. The standard InChI is InChI=1S/C16H28N2O2/c1-6-16(4,5)10-18-13(11(2)3)15(20)17-9-7-8-12(17)14(18)19/h11-13H,6-10H2,1-5H3. The molecule has 2 amide bonds. The van der Waals surface area contributed by atoms with Crippen LogP contribution in [0.2, 0.25) is 0 Å². The summed E-state index contributed by atoms with van der Waals surface area (Å²) in [6, 6.07) is -0.465. The molecule has 2 fully saturated rings. The maximum Gasteiger partial charge on any atom is 0.246 e. The van der Waals surface area contributed by atoms with Gasteiger partial charge in [0.05, 0.1) is 0 Å². The molecule has 20 heavy (non-hydrogen) atoms. The van der Waals surface area contributed by atoms with Crippen LogP contribution in [0.25, 0.3) is 0 Å². The van der Waals surface area contributed by atoms with Crippen molar-refractivity contribution in [2.45, 2.75) is 66.0 Å².